The SMILES string of the molecule is CCn1cc(C(=O)NCC[NH+](C)C)c(=O)c2ccc(C)nc21. The van der Waals surface area contributed by atoms with Gasteiger partial charge in [0.1, 0.15) is 11.2 Å². The number of likely N-dealkylation sites (N-methyl/N-ethyl adjacent to an activating group) is 1. The maximum Gasteiger partial charge on any atom is 0.256 e. The molecule has 6 nitrogen and oxygen atoms in total. The standard InChI is InChI=1S/C16H22N4O2/c1-5-20-10-13(16(22)17-8-9-19(3)4)14(21)12-7-6-11(2)18-15(12)20/h6-7,10H,5,8-9H2,1-4H3,(H,17,22)/p+1. The van der Waals surface area contributed by atoms with Gasteiger partial charge in [-0.3, -0.25) is 9.59 Å². The minimum Gasteiger partial charge on any atom is -0.346 e. The van der Waals surface area contributed by atoms with Crippen LogP contribution in [-0.4, -0.2) is 42.6 Å². The summed E-state index contributed by atoms with van der Waals surface area (Å²) in [5.74, 6) is -0.323. The van der Waals surface area contributed by atoms with Crippen molar-refractivity contribution in [2.75, 3.05) is 27.2 Å². The molecule has 0 saturated carbocycles. The van der Waals surface area contributed by atoms with Crippen molar-refractivity contribution < 1.29 is 9.69 Å². The fraction of sp³-hybridized carbons (Fsp3) is 0.438. The van der Waals surface area contributed by atoms with Crippen LogP contribution in [0.15, 0.2) is 23.1 Å². The van der Waals surface area contributed by atoms with Crippen molar-refractivity contribution in [3.05, 3.63) is 39.8 Å². The maximum atomic E-state index is 12.5. The maximum absolute atomic E-state index is 12.5. The molecule has 0 atom stereocenters. The van der Waals surface area contributed by atoms with Crippen molar-refractivity contribution in [1.29, 1.82) is 0 Å². The second-order valence-electron chi connectivity index (χ2n) is 5.69. The molecule has 2 aromatic rings. The summed E-state index contributed by atoms with van der Waals surface area (Å²) in [7, 11) is 4.03. The first-order valence-electron chi connectivity index (χ1n) is 7.52. The lowest BCUT2D eigenvalue weighted by Crippen LogP contribution is -3.06. The first kappa shape index (κ1) is 16.2. The average molecular weight is 303 g/mol. The molecule has 0 radical (unpaired) electrons. The van der Waals surface area contributed by atoms with Gasteiger partial charge in [0.15, 0.2) is 0 Å². The lowest BCUT2D eigenvalue weighted by Gasteiger charge is -2.12. The summed E-state index contributed by atoms with van der Waals surface area (Å²) in [5, 5.41) is 3.29. The van der Waals surface area contributed by atoms with Crippen molar-refractivity contribution in [3.63, 3.8) is 0 Å². The Morgan fingerprint density at radius 3 is 2.73 bits per heavy atom. The Morgan fingerprint density at radius 1 is 1.36 bits per heavy atom. The minimum absolute atomic E-state index is 0.175. The zero-order valence-corrected chi connectivity index (χ0v) is 13.6. The summed E-state index contributed by atoms with van der Waals surface area (Å²) in [6, 6.07) is 3.54. The van der Waals surface area contributed by atoms with Crippen LogP contribution in [0.25, 0.3) is 11.0 Å². The number of rotatable bonds is 5. The molecule has 2 N–H and O–H groups in total. The molecule has 2 heterocycles. The van der Waals surface area contributed by atoms with E-state index in [1.54, 1.807) is 18.3 Å². The molecular weight excluding hydrogens is 280 g/mol. The van der Waals surface area contributed by atoms with E-state index in [1.807, 2.05) is 32.5 Å². The van der Waals surface area contributed by atoms with Crippen LogP contribution in [0.4, 0.5) is 0 Å². The van der Waals surface area contributed by atoms with Gasteiger partial charge in [0.2, 0.25) is 5.43 Å². The normalized spacial score (nSPS) is 11.1. The zero-order valence-electron chi connectivity index (χ0n) is 13.6. The second kappa shape index (κ2) is 6.70. The number of quaternary nitrogens is 1. The lowest BCUT2D eigenvalue weighted by atomic mass is 10.1. The van der Waals surface area contributed by atoms with E-state index in [1.165, 1.54) is 4.90 Å². The molecule has 0 spiro atoms. The van der Waals surface area contributed by atoms with Crippen LogP contribution in [0, 0.1) is 6.92 Å². The number of pyridine rings is 2. The average Bonchev–Trinajstić information content (AvgIpc) is 2.47. The quantitative estimate of drug-likeness (QED) is 0.790. The molecule has 0 aliphatic carbocycles. The van der Waals surface area contributed by atoms with E-state index in [-0.39, 0.29) is 16.9 Å². The smallest absolute Gasteiger partial charge is 0.256 e. The molecule has 0 bridgehead atoms. The van der Waals surface area contributed by atoms with E-state index < -0.39 is 0 Å². The number of carbonyl (C=O) groups excluding carboxylic acids is 1. The van der Waals surface area contributed by atoms with Gasteiger partial charge >= 0.3 is 0 Å². The largest absolute Gasteiger partial charge is 0.346 e. The van der Waals surface area contributed by atoms with Gasteiger partial charge in [-0.15, -0.1) is 0 Å². The third kappa shape index (κ3) is 3.33. The number of nitrogens with one attached hydrogen (secondary N) is 2. The third-order valence-electron chi connectivity index (χ3n) is 3.56. The number of hydrogen-bond donors (Lipinski definition) is 2. The van der Waals surface area contributed by atoms with Gasteiger partial charge < -0.3 is 14.8 Å². The third-order valence-corrected chi connectivity index (χ3v) is 3.56. The number of nitrogens with zero attached hydrogens (tertiary/aromatic N) is 2. The molecule has 0 unspecified atom stereocenters. The number of carbonyl (C=O) groups is 1. The van der Waals surface area contributed by atoms with Crippen LogP contribution in [0.3, 0.4) is 0 Å². The molecule has 0 aliphatic heterocycles. The highest BCUT2D eigenvalue weighted by Gasteiger charge is 2.15. The Balaban J connectivity index is 2.42. The molecule has 0 saturated heterocycles. The highest BCUT2D eigenvalue weighted by molar-refractivity contribution is 5.96. The summed E-state index contributed by atoms with van der Waals surface area (Å²) < 4.78 is 1.84. The Bertz CT molecular complexity index is 750. The first-order chi connectivity index (χ1) is 10.4. The van der Waals surface area contributed by atoms with E-state index >= 15 is 0 Å². The molecule has 0 aromatic carbocycles. The Kier molecular flexibility index (Phi) is 4.92. The van der Waals surface area contributed by atoms with Gasteiger partial charge in [0.05, 0.1) is 32.6 Å². The fourth-order valence-corrected chi connectivity index (χ4v) is 2.28. The highest BCUT2D eigenvalue weighted by Crippen LogP contribution is 2.10. The zero-order chi connectivity index (χ0) is 16.3. The van der Waals surface area contributed by atoms with Gasteiger partial charge in [-0.2, -0.15) is 0 Å². The first-order valence-corrected chi connectivity index (χ1v) is 7.52. The molecule has 1 amide bonds. The topological polar surface area (TPSA) is 68.4 Å². The predicted octanol–water partition coefficient (Wildman–Crippen LogP) is -0.401. The Hall–Kier alpha value is -2.21. The summed E-state index contributed by atoms with van der Waals surface area (Å²) in [6.45, 7) is 5.84. The van der Waals surface area contributed by atoms with Crippen LogP contribution in [0.2, 0.25) is 0 Å². The van der Waals surface area contributed by atoms with Crippen molar-refractivity contribution in [1.82, 2.24) is 14.9 Å². The summed E-state index contributed by atoms with van der Waals surface area (Å²) >= 11 is 0. The molecule has 2 rings (SSSR count). The van der Waals surface area contributed by atoms with E-state index in [2.05, 4.69) is 10.3 Å². The lowest BCUT2D eigenvalue weighted by molar-refractivity contribution is -0.856. The molecule has 0 fully saturated rings. The van der Waals surface area contributed by atoms with Gasteiger partial charge in [0, 0.05) is 18.4 Å². The van der Waals surface area contributed by atoms with Crippen molar-refractivity contribution in [2.24, 2.45) is 0 Å². The van der Waals surface area contributed by atoms with E-state index in [4.69, 9.17) is 0 Å². The molecule has 0 aliphatic rings. The van der Waals surface area contributed by atoms with Gasteiger partial charge in [-0.25, -0.2) is 4.98 Å². The van der Waals surface area contributed by atoms with Gasteiger partial charge in [0.25, 0.3) is 5.91 Å². The van der Waals surface area contributed by atoms with Gasteiger partial charge in [-0.1, -0.05) is 0 Å². The Labute approximate surface area is 129 Å². The Morgan fingerprint density at radius 2 is 2.09 bits per heavy atom. The van der Waals surface area contributed by atoms with Crippen LogP contribution in [-0.2, 0) is 6.54 Å². The molecule has 22 heavy (non-hydrogen) atoms. The summed E-state index contributed by atoms with van der Waals surface area (Å²) in [4.78, 5) is 30.5. The van der Waals surface area contributed by atoms with Crippen LogP contribution in [0.1, 0.15) is 23.0 Å². The molecule has 6 heteroatoms. The highest BCUT2D eigenvalue weighted by atomic mass is 16.2. The summed E-state index contributed by atoms with van der Waals surface area (Å²) in [6.07, 6.45) is 1.61. The number of amides is 1. The summed E-state index contributed by atoms with van der Waals surface area (Å²) in [5.41, 5.74) is 1.39. The van der Waals surface area contributed by atoms with Crippen molar-refractivity contribution in [2.45, 2.75) is 20.4 Å². The number of aromatic nitrogens is 2. The van der Waals surface area contributed by atoms with Crippen LogP contribution >= 0.6 is 0 Å². The monoisotopic (exact) mass is 303 g/mol. The van der Waals surface area contributed by atoms with Crippen LogP contribution in [0.5, 0.6) is 0 Å². The van der Waals surface area contributed by atoms with Crippen molar-refractivity contribution >= 4 is 16.9 Å². The molecule has 2 aromatic heterocycles. The number of fused-ring (bicyclic) bond motifs is 1. The molecular formula is C16H23N4O2+. The number of hydrogen-bond acceptors (Lipinski definition) is 3. The van der Waals surface area contributed by atoms with Gasteiger partial charge in [-0.05, 0) is 26.0 Å². The predicted molar refractivity (Wildman–Crippen MR) is 86.4 cm³/mol. The van der Waals surface area contributed by atoms with E-state index in [9.17, 15) is 9.59 Å². The fourth-order valence-electron chi connectivity index (χ4n) is 2.28. The van der Waals surface area contributed by atoms with Crippen LogP contribution < -0.4 is 15.6 Å². The molecule has 118 valence electrons. The van der Waals surface area contributed by atoms with Crippen molar-refractivity contribution in [3.8, 4) is 0 Å². The van der Waals surface area contributed by atoms with E-state index in [0.717, 1.165) is 12.2 Å². The minimum atomic E-state index is -0.323. The van der Waals surface area contributed by atoms with E-state index in [0.29, 0.717) is 24.1 Å². The number of aryl methyl sites for hydroxylation is 2. The second-order valence-corrected chi connectivity index (χ2v) is 5.69.